The molecule has 98 valence electrons. The number of carbonyl (C=O) groups excluding carboxylic acids is 2. The first kappa shape index (κ1) is 12.4. The molecular weight excluding hydrogens is 252 g/mol. The van der Waals surface area contributed by atoms with Crippen LogP contribution in [0.25, 0.3) is 0 Å². The Morgan fingerprint density at radius 3 is 2.20 bits per heavy atom. The fraction of sp³-hybridized carbons (Fsp3) is 0.125. The summed E-state index contributed by atoms with van der Waals surface area (Å²) in [6.45, 7) is 0.440. The molecule has 0 spiro atoms. The fourth-order valence-electron chi connectivity index (χ4n) is 2.25. The Kier molecular flexibility index (Phi) is 3.21. The average Bonchev–Trinajstić information content (AvgIpc) is 2.74. The largest absolute Gasteiger partial charge is 0.293 e. The van der Waals surface area contributed by atoms with Crippen LogP contribution in [0.5, 0.6) is 0 Å². The van der Waals surface area contributed by atoms with Crippen molar-refractivity contribution in [3.8, 4) is 0 Å². The van der Waals surface area contributed by atoms with E-state index in [1.807, 2.05) is 12.1 Å². The number of Topliss-reactive ketones (excluding diaryl/α,β-unsaturated/α-hetero) is 2. The fourth-order valence-corrected chi connectivity index (χ4v) is 2.25. The molecule has 0 radical (unpaired) electrons. The molecule has 4 heteroatoms. The molecule has 20 heavy (non-hydrogen) atoms. The molecule has 0 bridgehead atoms. The number of aliphatic imine (C=N–C) groups is 1. The van der Waals surface area contributed by atoms with E-state index < -0.39 is 5.92 Å². The number of hydrogen-bond acceptors (Lipinski definition) is 4. The van der Waals surface area contributed by atoms with E-state index in [4.69, 9.17) is 0 Å². The summed E-state index contributed by atoms with van der Waals surface area (Å²) in [5, 5.41) is 0. The molecule has 0 N–H and O–H groups in total. The van der Waals surface area contributed by atoms with Crippen LogP contribution in [0.4, 0.5) is 0 Å². The highest BCUT2D eigenvalue weighted by atomic mass is 16.2. The summed E-state index contributed by atoms with van der Waals surface area (Å²) in [6.07, 6.45) is 4.84. The molecule has 1 aromatic heterocycles. The summed E-state index contributed by atoms with van der Waals surface area (Å²) in [5.41, 5.74) is 1.99. The van der Waals surface area contributed by atoms with Crippen molar-refractivity contribution in [1.82, 2.24) is 4.98 Å². The summed E-state index contributed by atoms with van der Waals surface area (Å²) in [5.74, 6) is -1.10. The van der Waals surface area contributed by atoms with Gasteiger partial charge in [0.2, 0.25) is 0 Å². The third-order valence-electron chi connectivity index (χ3n) is 3.30. The summed E-state index contributed by atoms with van der Waals surface area (Å²) in [7, 11) is 0. The van der Waals surface area contributed by atoms with Crippen LogP contribution >= 0.6 is 0 Å². The van der Waals surface area contributed by atoms with Gasteiger partial charge in [-0.05, 0) is 17.7 Å². The molecule has 0 aliphatic heterocycles. The molecule has 0 atom stereocenters. The minimum Gasteiger partial charge on any atom is -0.293 e. The quantitative estimate of drug-likeness (QED) is 0.631. The van der Waals surface area contributed by atoms with Crippen LogP contribution < -0.4 is 0 Å². The topological polar surface area (TPSA) is 59.4 Å². The summed E-state index contributed by atoms with van der Waals surface area (Å²) < 4.78 is 0. The standard InChI is InChI=1S/C16H12N2O2/c19-15-12-3-1-2-4-13(12)16(20)14(15)10-18-9-11-5-7-17-8-6-11/h1-8,10,14H,9H2. The predicted octanol–water partition coefficient (Wildman–Crippen LogP) is 2.35. The van der Waals surface area contributed by atoms with Gasteiger partial charge in [-0.3, -0.25) is 19.6 Å². The number of pyridine rings is 1. The third kappa shape index (κ3) is 2.16. The number of nitrogens with zero attached hydrogens (tertiary/aromatic N) is 2. The highest BCUT2D eigenvalue weighted by Crippen LogP contribution is 2.25. The Bertz CT molecular complexity index is 658. The molecule has 1 aliphatic rings. The van der Waals surface area contributed by atoms with Gasteiger partial charge in [0.1, 0.15) is 5.92 Å². The second kappa shape index (κ2) is 5.17. The zero-order valence-corrected chi connectivity index (χ0v) is 10.7. The summed E-state index contributed by atoms with van der Waals surface area (Å²) in [4.78, 5) is 32.4. The van der Waals surface area contributed by atoms with Crippen molar-refractivity contribution < 1.29 is 9.59 Å². The molecule has 1 heterocycles. The van der Waals surface area contributed by atoms with Crippen molar-refractivity contribution in [2.75, 3.05) is 0 Å². The van der Waals surface area contributed by atoms with Crippen LogP contribution in [-0.4, -0.2) is 22.8 Å². The van der Waals surface area contributed by atoms with E-state index >= 15 is 0 Å². The van der Waals surface area contributed by atoms with Crippen LogP contribution in [0.3, 0.4) is 0 Å². The number of hydrogen-bond donors (Lipinski definition) is 0. The second-order valence-electron chi connectivity index (χ2n) is 4.60. The maximum atomic E-state index is 12.1. The lowest BCUT2D eigenvalue weighted by Gasteiger charge is -1.99. The Morgan fingerprint density at radius 1 is 1.00 bits per heavy atom. The molecule has 0 saturated carbocycles. The number of aromatic nitrogens is 1. The molecule has 2 aromatic rings. The van der Waals surface area contributed by atoms with Crippen molar-refractivity contribution in [3.63, 3.8) is 0 Å². The molecule has 1 aromatic carbocycles. The zero-order chi connectivity index (χ0) is 13.9. The van der Waals surface area contributed by atoms with E-state index in [-0.39, 0.29) is 11.6 Å². The van der Waals surface area contributed by atoms with Gasteiger partial charge >= 0.3 is 0 Å². The SMILES string of the molecule is O=C1c2ccccc2C(=O)C1C=NCc1ccncc1. The lowest BCUT2D eigenvalue weighted by Crippen LogP contribution is -2.16. The number of ketones is 2. The van der Waals surface area contributed by atoms with E-state index in [1.54, 1.807) is 36.7 Å². The Labute approximate surface area is 116 Å². The van der Waals surface area contributed by atoms with Crippen LogP contribution in [0.15, 0.2) is 53.8 Å². The van der Waals surface area contributed by atoms with Gasteiger partial charge in [-0.1, -0.05) is 24.3 Å². The smallest absolute Gasteiger partial charge is 0.179 e. The maximum Gasteiger partial charge on any atom is 0.179 e. The maximum absolute atomic E-state index is 12.1. The van der Waals surface area contributed by atoms with Crippen molar-refractivity contribution in [2.24, 2.45) is 10.9 Å². The molecule has 3 rings (SSSR count). The molecule has 0 amide bonds. The van der Waals surface area contributed by atoms with Gasteiger partial charge in [0.15, 0.2) is 11.6 Å². The minimum atomic E-state index is -0.769. The molecule has 0 fully saturated rings. The van der Waals surface area contributed by atoms with E-state index in [9.17, 15) is 9.59 Å². The third-order valence-corrected chi connectivity index (χ3v) is 3.30. The molecule has 0 unspecified atom stereocenters. The first-order valence-electron chi connectivity index (χ1n) is 6.33. The van der Waals surface area contributed by atoms with Gasteiger partial charge in [0.25, 0.3) is 0 Å². The van der Waals surface area contributed by atoms with Crippen molar-refractivity contribution >= 4 is 17.8 Å². The van der Waals surface area contributed by atoms with Gasteiger partial charge in [-0.15, -0.1) is 0 Å². The van der Waals surface area contributed by atoms with E-state index in [2.05, 4.69) is 9.98 Å². The predicted molar refractivity (Wildman–Crippen MR) is 75.0 cm³/mol. The molecule has 1 aliphatic carbocycles. The number of fused-ring (bicyclic) bond motifs is 1. The van der Waals surface area contributed by atoms with Gasteiger partial charge in [0, 0.05) is 29.7 Å². The zero-order valence-electron chi connectivity index (χ0n) is 10.7. The average molecular weight is 264 g/mol. The second-order valence-corrected chi connectivity index (χ2v) is 4.60. The number of carbonyl (C=O) groups is 2. The number of benzene rings is 1. The first-order chi connectivity index (χ1) is 9.77. The Balaban J connectivity index is 1.77. The normalized spacial score (nSPS) is 15.0. The van der Waals surface area contributed by atoms with E-state index in [0.717, 1.165) is 5.56 Å². The minimum absolute atomic E-state index is 0.163. The first-order valence-corrected chi connectivity index (χ1v) is 6.33. The van der Waals surface area contributed by atoms with Gasteiger partial charge < -0.3 is 0 Å². The van der Waals surface area contributed by atoms with Gasteiger partial charge in [-0.25, -0.2) is 0 Å². The van der Waals surface area contributed by atoms with Crippen LogP contribution in [0.2, 0.25) is 0 Å². The van der Waals surface area contributed by atoms with Crippen molar-refractivity contribution in [3.05, 3.63) is 65.5 Å². The summed E-state index contributed by atoms with van der Waals surface area (Å²) in [6, 6.07) is 10.6. The lowest BCUT2D eigenvalue weighted by molar-refractivity contribution is 0.0886. The van der Waals surface area contributed by atoms with Crippen LogP contribution in [0.1, 0.15) is 26.3 Å². The van der Waals surface area contributed by atoms with Crippen LogP contribution in [-0.2, 0) is 6.54 Å². The summed E-state index contributed by atoms with van der Waals surface area (Å²) >= 11 is 0. The van der Waals surface area contributed by atoms with Crippen molar-refractivity contribution in [2.45, 2.75) is 6.54 Å². The van der Waals surface area contributed by atoms with E-state index in [1.165, 1.54) is 6.21 Å². The van der Waals surface area contributed by atoms with E-state index in [0.29, 0.717) is 17.7 Å². The van der Waals surface area contributed by atoms with Crippen molar-refractivity contribution in [1.29, 1.82) is 0 Å². The number of rotatable bonds is 3. The highest BCUT2D eigenvalue weighted by Gasteiger charge is 2.36. The van der Waals surface area contributed by atoms with Crippen LogP contribution in [0, 0.1) is 5.92 Å². The highest BCUT2D eigenvalue weighted by molar-refractivity contribution is 6.33. The lowest BCUT2D eigenvalue weighted by atomic mass is 10.1. The molecule has 4 nitrogen and oxygen atoms in total. The Morgan fingerprint density at radius 2 is 1.60 bits per heavy atom. The van der Waals surface area contributed by atoms with Gasteiger partial charge in [0.05, 0.1) is 6.54 Å². The molecule has 0 saturated heterocycles. The Hall–Kier alpha value is -2.62. The molecular formula is C16H12N2O2. The van der Waals surface area contributed by atoms with Gasteiger partial charge in [-0.2, -0.15) is 0 Å². The monoisotopic (exact) mass is 264 g/mol.